The number of rotatable bonds is 4. The van der Waals surface area contributed by atoms with Crippen molar-refractivity contribution in [2.45, 2.75) is 25.3 Å². The molecule has 0 saturated heterocycles. The highest BCUT2D eigenvalue weighted by molar-refractivity contribution is 9.10. The third kappa shape index (κ3) is 2.15. The number of ether oxygens (including phenoxy) is 2. The summed E-state index contributed by atoms with van der Waals surface area (Å²) < 4.78 is 11.8. The molecule has 2 aliphatic rings. The van der Waals surface area contributed by atoms with E-state index in [4.69, 9.17) is 15.2 Å². The highest BCUT2D eigenvalue weighted by Gasteiger charge is 2.55. The number of benzene rings is 1. The Hall–Kier alpha value is -0.740. The van der Waals surface area contributed by atoms with Gasteiger partial charge in [-0.05, 0) is 58.7 Å². The number of fused-ring (bicyclic) bond motifs is 1. The zero-order valence-electron chi connectivity index (χ0n) is 11.4. The minimum absolute atomic E-state index is 0.0623. The molecule has 0 bridgehead atoms. The molecule has 2 aliphatic carbocycles. The van der Waals surface area contributed by atoms with Crippen LogP contribution in [0.25, 0.3) is 0 Å². The van der Waals surface area contributed by atoms with E-state index in [0.717, 1.165) is 33.4 Å². The second kappa shape index (κ2) is 4.98. The van der Waals surface area contributed by atoms with Crippen LogP contribution in [0.3, 0.4) is 0 Å². The molecular formula is C15H20BrNO2. The van der Waals surface area contributed by atoms with Crippen molar-refractivity contribution in [3.63, 3.8) is 0 Å². The summed E-state index contributed by atoms with van der Waals surface area (Å²) in [6, 6.07) is 4.03. The Bertz CT molecular complexity index is 481. The van der Waals surface area contributed by atoms with E-state index in [1.807, 2.05) is 12.1 Å². The lowest BCUT2D eigenvalue weighted by molar-refractivity contribution is 0.386. The maximum absolute atomic E-state index is 6.49. The molecule has 2 saturated carbocycles. The first kappa shape index (κ1) is 13.3. The van der Waals surface area contributed by atoms with Crippen molar-refractivity contribution in [1.29, 1.82) is 0 Å². The first-order chi connectivity index (χ1) is 9.17. The molecule has 2 fully saturated rings. The summed E-state index contributed by atoms with van der Waals surface area (Å²) in [5.41, 5.74) is 7.56. The first-order valence-corrected chi connectivity index (χ1v) is 7.63. The molecule has 3 atom stereocenters. The van der Waals surface area contributed by atoms with Gasteiger partial charge >= 0.3 is 0 Å². The third-order valence-corrected chi connectivity index (χ3v) is 5.37. The van der Waals surface area contributed by atoms with E-state index in [1.165, 1.54) is 19.3 Å². The van der Waals surface area contributed by atoms with Crippen molar-refractivity contribution in [3.05, 3.63) is 22.2 Å². The average Bonchev–Trinajstić information content (AvgIpc) is 2.90. The monoisotopic (exact) mass is 325 g/mol. The zero-order valence-corrected chi connectivity index (χ0v) is 12.9. The van der Waals surface area contributed by atoms with E-state index < -0.39 is 0 Å². The second-order valence-electron chi connectivity index (χ2n) is 5.59. The molecule has 0 radical (unpaired) electrons. The Kier molecular flexibility index (Phi) is 3.48. The predicted molar refractivity (Wildman–Crippen MR) is 78.5 cm³/mol. The van der Waals surface area contributed by atoms with Gasteiger partial charge in [0.1, 0.15) is 11.5 Å². The molecule has 3 unspecified atom stereocenters. The van der Waals surface area contributed by atoms with E-state index in [-0.39, 0.29) is 6.04 Å². The van der Waals surface area contributed by atoms with Crippen LogP contribution in [-0.4, -0.2) is 14.2 Å². The molecule has 4 heteroatoms. The van der Waals surface area contributed by atoms with E-state index in [2.05, 4.69) is 15.9 Å². The van der Waals surface area contributed by atoms with Crippen LogP contribution in [0.4, 0.5) is 0 Å². The Balaban J connectivity index is 1.90. The molecule has 0 spiro atoms. The van der Waals surface area contributed by atoms with Crippen LogP contribution in [0.2, 0.25) is 0 Å². The van der Waals surface area contributed by atoms with Gasteiger partial charge in [0, 0.05) is 11.6 Å². The standard InChI is InChI=1S/C15H20BrNO2/c1-18-12-7-11(16)13(19-2)6-10(12)15(17)14-8-4-3-5-9(8)14/h6-9,14-15H,3-5,17H2,1-2H3. The molecule has 1 aromatic rings. The van der Waals surface area contributed by atoms with Gasteiger partial charge in [-0.3, -0.25) is 0 Å². The Labute approximate surface area is 122 Å². The molecule has 3 rings (SSSR count). The van der Waals surface area contributed by atoms with Gasteiger partial charge in [0.2, 0.25) is 0 Å². The smallest absolute Gasteiger partial charge is 0.133 e. The Morgan fingerprint density at radius 3 is 2.37 bits per heavy atom. The molecule has 19 heavy (non-hydrogen) atoms. The van der Waals surface area contributed by atoms with Crippen LogP contribution in [0.15, 0.2) is 16.6 Å². The highest BCUT2D eigenvalue weighted by atomic mass is 79.9. The lowest BCUT2D eigenvalue weighted by Gasteiger charge is -2.19. The zero-order chi connectivity index (χ0) is 13.6. The van der Waals surface area contributed by atoms with Crippen LogP contribution < -0.4 is 15.2 Å². The molecule has 0 amide bonds. The normalized spacial score (nSPS) is 29.8. The van der Waals surface area contributed by atoms with Gasteiger partial charge in [0.25, 0.3) is 0 Å². The van der Waals surface area contributed by atoms with Crippen molar-refractivity contribution < 1.29 is 9.47 Å². The maximum Gasteiger partial charge on any atom is 0.133 e. The topological polar surface area (TPSA) is 44.5 Å². The minimum atomic E-state index is 0.0623. The van der Waals surface area contributed by atoms with Crippen molar-refractivity contribution in [2.75, 3.05) is 14.2 Å². The highest BCUT2D eigenvalue weighted by Crippen LogP contribution is 2.62. The van der Waals surface area contributed by atoms with Crippen molar-refractivity contribution in [1.82, 2.24) is 0 Å². The van der Waals surface area contributed by atoms with Crippen LogP contribution in [0, 0.1) is 17.8 Å². The number of nitrogens with two attached hydrogens (primary N) is 1. The summed E-state index contributed by atoms with van der Waals surface area (Å²) in [5, 5.41) is 0. The molecule has 104 valence electrons. The van der Waals surface area contributed by atoms with Crippen LogP contribution in [0.5, 0.6) is 11.5 Å². The van der Waals surface area contributed by atoms with Crippen molar-refractivity contribution in [2.24, 2.45) is 23.5 Å². The molecule has 2 N–H and O–H groups in total. The van der Waals surface area contributed by atoms with E-state index in [9.17, 15) is 0 Å². The number of hydrogen-bond acceptors (Lipinski definition) is 3. The van der Waals surface area contributed by atoms with Gasteiger partial charge in [-0.25, -0.2) is 0 Å². The summed E-state index contributed by atoms with van der Waals surface area (Å²) in [6.07, 6.45) is 4.07. The van der Waals surface area contributed by atoms with Gasteiger partial charge in [-0.2, -0.15) is 0 Å². The molecule has 1 aromatic carbocycles. The molecule has 0 aromatic heterocycles. The van der Waals surface area contributed by atoms with Crippen molar-refractivity contribution in [3.8, 4) is 11.5 Å². The number of methoxy groups -OCH3 is 2. The van der Waals surface area contributed by atoms with Gasteiger partial charge < -0.3 is 15.2 Å². The molecular weight excluding hydrogens is 306 g/mol. The summed E-state index contributed by atoms with van der Waals surface area (Å²) in [6.45, 7) is 0. The lowest BCUT2D eigenvalue weighted by Crippen LogP contribution is -2.16. The number of halogens is 1. The molecule has 0 heterocycles. The largest absolute Gasteiger partial charge is 0.496 e. The van der Waals surface area contributed by atoms with Crippen LogP contribution >= 0.6 is 15.9 Å². The summed E-state index contributed by atoms with van der Waals surface area (Å²) in [4.78, 5) is 0. The van der Waals surface area contributed by atoms with E-state index in [1.54, 1.807) is 14.2 Å². The SMILES string of the molecule is COc1cc(C(N)C2C3CCCC32)c(OC)cc1Br. The lowest BCUT2D eigenvalue weighted by atomic mass is 9.96. The van der Waals surface area contributed by atoms with E-state index >= 15 is 0 Å². The van der Waals surface area contributed by atoms with Gasteiger partial charge in [-0.15, -0.1) is 0 Å². The quantitative estimate of drug-likeness (QED) is 0.921. The molecule has 0 aliphatic heterocycles. The average molecular weight is 326 g/mol. The fourth-order valence-electron chi connectivity index (χ4n) is 3.76. The Morgan fingerprint density at radius 1 is 1.16 bits per heavy atom. The third-order valence-electron chi connectivity index (χ3n) is 4.75. The second-order valence-corrected chi connectivity index (χ2v) is 6.44. The van der Waals surface area contributed by atoms with Crippen LogP contribution in [-0.2, 0) is 0 Å². The first-order valence-electron chi connectivity index (χ1n) is 6.84. The van der Waals surface area contributed by atoms with E-state index in [0.29, 0.717) is 5.92 Å². The van der Waals surface area contributed by atoms with Gasteiger partial charge in [0.05, 0.1) is 18.7 Å². The van der Waals surface area contributed by atoms with Gasteiger partial charge in [-0.1, -0.05) is 6.42 Å². The maximum atomic E-state index is 6.49. The summed E-state index contributed by atoms with van der Waals surface area (Å²) >= 11 is 3.49. The molecule has 3 nitrogen and oxygen atoms in total. The Morgan fingerprint density at radius 2 is 1.79 bits per heavy atom. The summed E-state index contributed by atoms with van der Waals surface area (Å²) in [7, 11) is 3.37. The number of hydrogen-bond donors (Lipinski definition) is 1. The fraction of sp³-hybridized carbons (Fsp3) is 0.600. The summed E-state index contributed by atoms with van der Waals surface area (Å²) in [5.74, 6) is 3.99. The minimum Gasteiger partial charge on any atom is -0.496 e. The fourth-order valence-corrected chi connectivity index (χ4v) is 4.25. The predicted octanol–water partition coefficient (Wildman–Crippen LogP) is 3.51. The van der Waals surface area contributed by atoms with Crippen LogP contribution in [0.1, 0.15) is 30.9 Å². The van der Waals surface area contributed by atoms with Crippen molar-refractivity contribution >= 4 is 15.9 Å². The van der Waals surface area contributed by atoms with Gasteiger partial charge in [0.15, 0.2) is 0 Å².